The van der Waals surface area contributed by atoms with E-state index in [0.29, 0.717) is 10.8 Å². The Morgan fingerprint density at radius 1 is 1.17 bits per heavy atom. The number of amides is 1. The molecule has 0 N–H and O–H groups in total. The Kier molecular flexibility index (Phi) is 5.93. The summed E-state index contributed by atoms with van der Waals surface area (Å²) >= 11 is 1.32. The molecule has 150 valence electrons. The van der Waals surface area contributed by atoms with Crippen LogP contribution in [-0.2, 0) is 11.4 Å². The van der Waals surface area contributed by atoms with Crippen LogP contribution in [0.2, 0.25) is 0 Å². The van der Waals surface area contributed by atoms with Gasteiger partial charge in [-0.25, -0.2) is 4.98 Å². The average molecular weight is 411 g/mol. The Labute approximate surface area is 172 Å². The molecule has 1 amide bonds. The Balaban J connectivity index is 1.84. The van der Waals surface area contributed by atoms with E-state index in [2.05, 4.69) is 4.98 Å². The number of hydrogen-bond donors (Lipinski definition) is 0. The van der Waals surface area contributed by atoms with Crippen LogP contribution in [0.5, 0.6) is 5.75 Å². The van der Waals surface area contributed by atoms with Gasteiger partial charge in [-0.1, -0.05) is 23.8 Å². The van der Waals surface area contributed by atoms with Gasteiger partial charge in [-0.05, 0) is 44.0 Å². The lowest BCUT2D eigenvalue weighted by Crippen LogP contribution is -2.23. The quantitative estimate of drug-likeness (QED) is 0.409. The van der Waals surface area contributed by atoms with Gasteiger partial charge in [0, 0.05) is 18.4 Å². The smallest absolute Gasteiger partial charge is 0.310 e. The number of nitro benzene ring substituents is 1. The predicted molar refractivity (Wildman–Crippen MR) is 113 cm³/mol. The fourth-order valence-corrected chi connectivity index (χ4v) is 3.83. The number of aromatic nitrogens is 1. The molecule has 0 saturated carbocycles. The Bertz CT molecular complexity index is 1080. The summed E-state index contributed by atoms with van der Waals surface area (Å²) < 4.78 is 5.66. The van der Waals surface area contributed by atoms with Gasteiger partial charge in [0.25, 0.3) is 0 Å². The lowest BCUT2D eigenvalue weighted by Gasteiger charge is -2.20. The van der Waals surface area contributed by atoms with Gasteiger partial charge in [0.15, 0.2) is 10.9 Å². The van der Waals surface area contributed by atoms with Crippen LogP contribution in [0.25, 0.3) is 0 Å². The van der Waals surface area contributed by atoms with Crippen molar-refractivity contribution in [3.05, 3.63) is 74.3 Å². The highest BCUT2D eigenvalue weighted by molar-refractivity contribution is 7.14. The number of hydrogen-bond acceptors (Lipinski definition) is 6. The number of anilines is 2. The van der Waals surface area contributed by atoms with E-state index in [1.54, 1.807) is 22.4 Å². The van der Waals surface area contributed by atoms with Gasteiger partial charge in [0.1, 0.15) is 6.61 Å². The first-order valence-electron chi connectivity index (χ1n) is 8.96. The number of rotatable bonds is 6. The third kappa shape index (κ3) is 4.60. The first kappa shape index (κ1) is 20.5. The molecule has 0 aliphatic carbocycles. The SMILES string of the molecule is CC(=O)N(c1nc(COc2cc(C)ccc2[N+](=O)[O-])cs1)c1ccc(C)cc1C. The lowest BCUT2D eigenvalue weighted by molar-refractivity contribution is -0.386. The zero-order valence-corrected chi connectivity index (χ0v) is 17.4. The fourth-order valence-electron chi connectivity index (χ4n) is 2.97. The Morgan fingerprint density at radius 2 is 1.86 bits per heavy atom. The Hall–Kier alpha value is -3.26. The molecule has 8 heteroatoms. The number of benzene rings is 2. The maximum atomic E-state index is 12.3. The zero-order chi connectivity index (χ0) is 21.1. The maximum Gasteiger partial charge on any atom is 0.310 e. The molecule has 2 aromatic carbocycles. The molecule has 0 aliphatic heterocycles. The molecule has 3 aromatic rings. The second-order valence-electron chi connectivity index (χ2n) is 6.78. The molecule has 0 radical (unpaired) electrons. The molecule has 0 saturated heterocycles. The number of nitrogens with zero attached hydrogens (tertiary/aromatic N) is 3. The molecule has 0 spiro atoms. The maximum absolute atomic E-state index is 12.3. The van der Waals surface area contributed by atoms with Crippen LogP contribution in [-0.4, -0.2) is 15.8 Å². The largest absolute Gasteiger partial charge is 0.480 e. The molecule has 3 rings (SSSR count). The monoisotopic (exact) mass is 411 g/mol. The highest BCUT2D eigenvalue weighted by Crippen LogP contribution is 2.33. The van der Waals surface area contributed by atoms with Gasteiger partial charge >= 0.3 is 5.69 Å². The van der Waals surface area contributed by atoms with Gasteiger partial charge in [0.2, 0.25) is 5.91 Å². The first-order chi connectivity index (χ1) is 13.8. The molecule has 0 aliphatic rings. The van der Waals surface area contributed by atoms with Gasteiger partial charge in [0.05, 0.1) is 16.3 Å². The third-order valence-corrected chi connectivity index (χ3v) is 5.20. The second-order valence-corrected chi connectivity index (χ2v) is 7.62. The summed E-state index contributed by atoms with van der Waals surface area (Å²) in [6.07, 6.45) is 0. The van der Waals surface area contributed by atoms with Crippen molar-refractivity contribution < 1.29 is 14.5 Å². The van der Waals surface area contributed by atoms with Crippen molar-refractivity contribution in [1.29, 1.82) is 0 Å². The van der Waals surface area contributed by atoms with Crippen LogP contribution in [0.4, 0.5) is 16.5 Å². The van der Waals surface area contributed by atoms with Gasteiger partial charge in [-0.3, -0.25) is 19.8 Å². The molecule has 7 nitrogen and oxygen atoms in total. The molecule has 0 fully saturated rings. The minimum atomic E-state index is -0.473. The van der Waals surface area contributed by atoms with Crippen molar-refractivity contribution >= 4 is 33.8 Å². The lowest BCUT2D eigenvalue weighted by atomic mass is 10.1. The summed E-state index contributed by atoms with van der Waals surface area (Å²) in [4.78, 5) is 29.1. The molecular formula is C21H21N3O4S. The van der Waals surface area contributed by atoms with Crippen molar-refractivity contribution in [3.63, 3.8) is 0 Å². The van der Waals surface area contributed by atoms with E-state index in [1.165, 1.54) is 24.3 Å². The second kappa shape index (κ2) is 8.40. The van der Waals surface area contributed by atoms with Gasteiger partial charge < -0.3 is 4.74 Å². The number of carbonyl (C=O) groups is 1. The molecule has 1 aromatic heterocycles. The fraction of sp³-hybridized carbons (Fsp3) is 0.238. The molecule has 29 heavy (non-hydrogen) atoms. The summed E-state index contributed by atoms with van der Waals surface area (Å²) in [6.45, 7) is 7.35. The van der Waals surface area contributed by atoms with Crippen molar-refractivity contribution in [3.8, 4) is 5.75 Å². The number of carbonyl (C=O) groups excluding carboxylic acids is 1. The van der Waals surface area contributed by atoms with E-state index in [4.69, 9.17) is 4.74 Å². The molecular weight excluding hydrogens is 390 g/mol. The summed E-state index contributed by atoms with van der Waals surface area (Å²) in [6, 6.07) is 10.6. The van der Waals surface area contributed by atoms with Gasteiger partial charge in [-0.2, -0.15) is 0 Å². The first-order valence-corrected chi connectivity index (χ1v) is 9.84. The summed E-state index contributed by atoms with van der Waals surface area (Å²) in [5.74, 6) is 0.0513. The van der Waals surface area contributed by atoms with E-state index in [-0.39, 0.29) is 24.0 Å². The van der Waals surface area contributed by atoms with Crippen LogP contribution in [0.3, 0.4) is 0 Å². The van der Waals surface area contributed by atoms with Gasteiger partial charge in [-0.15, -0.1) is 11.3 Å². The molecule has 1 heterocycles. The summed E-state index contributed by atoms with van der Waals surface area (Å²) in [7, 11) is 0. The highest BCUT2D eigenvalue weighted by atomic mass is 32.1. The van der Waals surface area contributed by atoms with Crippen LogP contribution < -0.4 is 9.64 Å². The van der Waals surface area contributed by atoms with Crippen LogP contribution in [0, 0.1) is 30.9 Å². The molecule has 0 unspecified atom stereocenters. The highest BCUT2D eigenvalue weighted by Gasteiger charge is 2.20. The average Bonchev–Trinajstić information content (AvgIpc) is 3.10. The standard InChI is InChI=1S/C21H21N3O4S/c1-13-5-7-18(15(3)9-13)23(16(4)25)21-22-17(12-29-21)11-28-20-10-14(2)6-8-19(20)24(26)27/h5-10,12H,11H2,1-4H3. The minimum Gasteiger partial charge on any atom is -0.480 e. The minimum absolute atomic E-state index is 0.0689. The topological polar surface area (TPSA) is 85.6 Å². The predicted octanol–water partition coefficient (Wildman–Crippen LogP) is 5.24. The number of ether oxygens (including phenoxy) is 1. The Morgan fingerprint density at radius 3 is 2.52 bits per heavy atom. The van der Waals surface area contributed by atoms with Crippen LogP contribution in [0.1, 0.15) is 29.3 Å². The zero-order valence-electron chi connectivity index (χ0n) is 16.6. The van der Waals surface area contributed by atoms with Crippen molar-refractivity contribution in [2.45, 2.75) is 34.3 Å². The van der Waals surface area contributed by atoms with Crippen LogP contribution in [0.15, 0.2) is 41.8 Å². The molecule has 0 bridgehead atoms. The number of nitro groups is 1. The third-order valence-electron chi connectivity index (χ3n) is 4.33. The normalized spacial score (nSPS) is 10.6. The van der Waals surface area contributed by atoms with E-state index in [0.717, 1.165) is 22.4 Å². The summed E-state index contributed by atoms with van der Waals surface area (Å²) in [5.41, 5.74) is 4.23. The molecule has 0 atom stereocenters. The van der Waals surface area contributed by atoms with E-state index >= 15 is 0 Å². The van der Waals surface area contributed by atoms with Crippen molar-refractivity contribution in [2.75, 3.05) is 4.90 Å². The van der Waals surface area contributed by atoms with Crippen molar-refractivity contribution in [1.82, 2.24) is 4.98 Å². The van der Waals surface area contributed by atoms with Crippen molar-refractivity contribution in [2.24, 2.45) is 0 Å². The summed E-state index contributed by atoms with van der Waals surface area (Å²) in [5, 5.41) is 13.5. The number of aryl methyl sites for hydroxylation is 3. The van der Waals surface area contributed by atoms with E-state index < -0.39 is 4.92 Å². The van der Waals surface area contributed by atoms with Crippen LogP contribution >= 0.6 is 11.3 Å². The number of thiazole rings is 1. The van der Waals surface area contributed by atoms with E-state index in [9.17, 15) is 14.9 Å². The van der Waals surface area contributed by atoms with E-state index in [1.807, 2.05) is 39.0 Å².